The van der Waals surface area contributed by atoms with Gasteiger partial charge in [-0.05, 0) is 49.2 Å². The van der Waals surface area contributed by atoms with Crippen LogP contribution in [0.2, 0.25) is 0 Å². The Hall–Kier alpha value is -1.53. The van der Waals surface area contributed by atoms with Gasteiger partial charge in [-0.3, -0.25) is 4.72 Å². The molecular weight excluding hydrogens is 340 g/mol. The molecule has 2 aromatic rings. The van der Waals surface area contributed by atoms with Crippen LogP contribution in [0.1, 0.15) is 11.1 Å². The van der Waals surface area contributed by atoms with Gasteiger partial charge in [0.1, 0.15) is 0 Å². The van der Waals surface area contributed by atoms with Crippen LogP contribution in [-0.4, -0.2) is 8.42 Å². The predicted molar refractivity (Wildman–Crippen MR) is 85.3 cm³/mol. The fraction of sp³-hybridized carbons (Fsp3) is 0.143. The SMILES string of the molecule is Cc1ccc(Br)cc1NS(=O)(=O)c1cccc(N)c1C. The van der Waals surface area contributed by atoms with Crippen LogP contribution in [-0.2, 0) is 10.0 Å². The fourth-order valence-corrected chi connectivity index (χ4v) is 3.59. The zero-order valence-corrected chi connectivity index (χ0v) is 13.5. The highest BCUT2D eigenvalue weighted by atomic mass is 79.9. The van der Waals surface area contributed by atoms with Gasteiger partial charge in [-0.1, -0.05) is 28.1 Å². The number of sulfonamides is 1. The number of benzene rings is 2. The third-order valence-corrected chi connectivity index (χ3v) is 5.06. The maximum Gasteiger partial charge on any atom is 0.262 e. The van der Waals surface area contributed by atoms with E-state index < -0.39 is 10.0 Å². The lowest BCUT2D eigenvalue weighted by molar-refractivity contribution is 0.600. The van der Waals surface area contributed by atoms with Crippen molar-refractivity contribution in [3.8, 4) is 0 Å². The van der Waals surface area contributed by atoms with Gasteiger partial charge in [-0.15, -0.1) is 0 Å². The number of hydrogen-bond donors (Lipinski definition) is 2. The summed E-state index contributed by atoms with van der Waals surface area (Å²) in [5.74, 6) is 0. The van der Waals surface area contributed by atoms with Crippen molar-refractivity contribution in [1.82, 2.24) is 0 Å². The zero-order valence-electron chi connectivity index (χ0n) is 11.1. The Balaban J connectivity index is 2.46. The minimum absolute atomic E-state index is 0.192. The first-order valence-electron chi connectivity index (χ1n) is 5.95. The van der Waals surface area contributed by atoms with Gasteiger partial charge >= 0.3 is 0 Å². The fourth-order valence-electron chi connectivity index (χ4n) is 1.83. The maximum atomic E-state index is 12.5. The van der Waals surface area contributed by atoms with Crippen LogP contribution in [0.4, 0.5) is 11.4 Å². The van der Waals surface area contributed by atoms with Gasteiger partial charge in [0.2, 0.25) is 0 Å². The van der Waals surface area contributed by atoms with Crippen molar-refractivity contribution in [2.75, 3.05) is 10.5 Å². The van der Waals surface area contributed by atoms with E-state index in [2.05, 4.69) is 20.7 Å². The standard InChI is InChI=1S/C14H15BrN2O2S/c1-9-6-7-11(15)8-13(9)17-20(18,19)14-5-3-4-12(16)10(14)2/h3-8,17H,16H2,1-2H3. The van der Waals surface area contributed by atoms with E-state index in [1.807, 2.05) is 19.1 Å². The number of rotatable bonds is 3. The third-order valence-electron chi connectivity index (χ3n) is 3.06. The molecule has 0 atom stereocenters. The average molecular weight is 355 g/mol. The van der Waals surface area contributed by atoms with Crippen molar-refractivity contribution in [3.63, 3.8) is 0 Å². The molecule has 0 aliphatic heterocycles. The second-order valence-electron chi connectivity index (χ2n) is 4.54. The molecule has 0 unspecified atom stereocenters. The first kappa shape index (κ1) is 14.9. The quantitative estimate of drug-likeness (QED) is 0.829. The Morgan fingerprint density at radius 2 is 1.85 bits per heavy atom. The summed E-state index contributed by atoms with van der Waals surface area (Å²) in [5, 5.41) is 0. The van der Waals surface area contributed by atoms with Crippen LogP contribution in [0.3, 0.4) is 0 Å². The lowest BCUT2D eigenvalue weighted by atomic mass is 10.2. The predicted octanol–water partition coefficient (Wildman–Crippen LogP) is 3.45. The van der Waals surface area contributed by atoms with Crippen molar-refractivity contribution < 1.29 is 8.42 Å². The molecule has 0 heterocycles. The number of halogens is 1. The van der Waals surface area contributed by atoms with Crippen LogP contribution >= 0.6 is 15.9 Å². The Bertz CT molecular complexity index is 758. The highest BCUT2D eigenvalue weighted by Gasteiger charge is 2.18. The van der Waals surface area contributed by atoms with E-state index in [1.165, 1.54) is 0 Å². The summed E-state index contributed by atoms with van der Waals surface area (Å²) in [4.78, 5) is 0.192. The van der Waals surface area contributed by atoms with Gasteiger partial charge in [0.15, 0.2) is 0 Å². The van der Waals surface area contributed by atoms with E-state index in [0.29, 0.717) is 16.9 Å². The summed E-state index contributed by atoms with van der Waals surface area (Å²) < 4.78 is 28.3. The molecule has 6 heteroatoms. The van der Waals surface area contributed by atoms with E-state index >= 15 is 0 Å². The number of nitrogens with one attached hydrogen (secondary N) is 1. The van der Waals surface area contributed by atoms with Crippen molar-refractivity contribution in [2.45, 2.75) is 18.7 Å². The van der Waals surface area contributed by atoms with E-state index in [9.17, 15) is 8.42 Å². The number of nitrogen functional groups attached to an aromatic ring is 1. The van der Waals surface area contributed by atoms with Crippen molar-refractivity contribution in [1.29, 1.82) is 0 Å². The highest BCUT2D eigenvalue weighted by molar-refractivity contribution is 9.10. The third kappa shape index (κ3) is 2.96. The van der Waals surface area contributed by atoms with Gasteiger partial charge < -0.3 is 5.73 Å². The summed E-state index contributed by atoms with van der Waals surface area (Å²) in [7, 11) is -3.66. The van der Waals surface area contributed by atoms with Gasteiger partial charge in [0.25, 0.3) is 10.0 Å². The monoisotopic (exact) mass is 354 g/mol. The Labute approximate surface area is 127 Å². The Kier molecular flexibility index (Phi) is 4.06. The number of anilines is 2. The van der Waals surface area contributed by atoms with Gasteiger partial charge in [0.05, 0.1) is 10.6 Å². The van der Waals surface area contributed by atoms with Gasteiger partial charge in [-0.2, -0.15) is 0 Å². The zero-order chi connectivity index (χ0) is 14.9. The summed E-state index contributed by atoms with van der Waals surface area (Å²) in [6, 6.07) is 10.3. The van der Waals surface area contributed by atoms with E-state index in [-0.39, 0.29) is 4.90 Å². The molecule has 3 N–H and O–H groups in total. The molecule has 0 saturated heterocycles. The van der Waals surface area contributed by atoms with Crippen LogP contribution in [0.15, 0.2) is 45.8 Å². The molecule has 0 amide bonds. The van der Waals surface area contributed by atoms with E-state index in [1.54, 1.807) is 31.2 Å². The summed E-state index contributed by atoms with van der Waals surface area (Å²) in [5.41, 5.74) is 8.16. The molecule has 20 heavy (non-hydrogen) atoms. The molecule has 0 aliphatic rings. The first-order chi connectivity index (χ1) is 9.31. The summed E-state index contributed by atoms with van der Waals surface area (Å²) >= 11 is 3.33. The van der Waals surface area contributed by atoms with E-state index in [4.69, 9.17) is 5.73 Å². The molecule has 2 rings (SSSR count). The van der Waals surface area contributed by atoms with Crippen LogP contribution in [0.25, 0.3) is 0 Å². The van der Waals surface area contributed by atoms with Crippen LogP contribution in [0, 0.1) is 13.8 Å². The number of hydrogen-bond acceptors (Lipinski definition) is 3. The van der Waals surface area contributed by atoms with Gasteiger partial charge in [-0.25, -0.2) is 8.42 Å². The maximum absolute atomic E-state index is 12.5. The normalized spacial score (nSPS) is 11.3. The molecule has 0 bridgehead atoms. The molecular formula is C14H15BrN2O2S. The topological polar surface area (TPSA) is 72.2 Å². The summed E-state index contributed by atoms with van der Waals surface area (Å²) in [6.45, 7) is 3.54. The first-order valence-corrected chi connectivity index (χ1v) is 8.23. The van der Waals surface area contributed by atoms with Crippen LogP contribution < -0.4 is 10.5 Å². The number of nitrogens with two attached hydrogens (primary N) is 1. The van der Waals surface area contributed by atoms with Crippen LogP contribution in [0.5, 0.6) is 0 Å². The molecule has 0 spiro atoms. The summed E-state index contributed by atoms with van der Waals surface area (Å²) in [6.07, 6.45) is 0. The lowest BCUT2D eigenvalue weighted by Crippen LogP contribution is -2.15. The highest BCUT2D eigenvalue weighted by Crippen LogP contribution is 2.26. The average Bonchev–Trinajstić information content (AvgIpc) is 2.36. The molecule has 0 saturated carbocycles. The van der Waals surface area contributed by atoms with Crippen molar-refractivity contribution >= 4 is 37.3 Å². The smallest absolute Gasteiger partial charge is 0.262 e. The second kappa shape index (κ2) is 5.46. The lowest BCUT2D eigenvalue weighted by Gasteiger charge is -2.13. The minimum atomic E-state index is -3.66. The molecule has 0 radical (unpaired) electrons. The largest absolute Gasteiger partial charge is 0.398 e. The minimum Gasteiger partial charge on any atom is -0.398 e. The molecule has 2 aromatic carbocycles. The molecule has 0 aliphatic carbocycles. The second-order valence-corrected chi connectivity index (χ2v) is 7.10. The van der Waals surface area contributed by atoms with Crippen molar-refractivity contribution in [3.05, 3.63) is 52.0 Å². The van der Waals surface area contributed by atoms with Gasteiger partial charge in [0, 0.05) is 10.2 Å². The molecule has 106 valence electrons. The molecule has 0 fully saturated rings. The van der Waals surface area contributed by atoms with Crippen molar-refractivity contribution in [2.24, 2.45) is 0 Å². The van der Waals surface area contributed by atoms with E-state index in [0.717, 1.165) is 10.0 Å². The molecule has 0 aromatic heterocycles. The Morgan fingerprint density at radius 3 is 2.55 bits per heavy atom. The Morgan fingerprint density at radius 1 is 1.15 bits per heavy atom. The number of aryl methyl sites for hydroxylation is 1. The molecule has 4 nitrogen and oxygen atoms in total.